The van der Waals surface area contributed by atoms with Crippen molar-refractivity contribution in [3.05, 3.63) is 24.0 Å². The lowest BCUT2D eigenvalue weighted by molar-refractivity contribution is -0.130. The van der Waals surface area contributed by atoms with Crippen molar-refractivity contribution in [2.75, 3.05) is 25.1 Å². The average Bonchev–Trinajstić information content (AvgIpc) is 2.42. The van der Waals surface area contributed by atoms with E-state index in [1.807, 2.05) is 13.0 Å². The summed E-state index contributed by atoms with van der Waals surface area (Å²) in [5, 5.41) is 2.93. The minimum Gasteiger partial charge on any atom is -0.381 e. The van der Waals surface area contributed by atoms with Crippen LogP contribution in [0.5, 0.6) is 0 Å². The zero-order valence-corrected chi connectivity index (χ0v) is 10.6. The van der Waals surface area contributed by atoms with E-state index in [-0.39, 0.29) is 5.91 Å². The summed E-state index contributed by atoms with van der Waals surface area (Å²) in [5.74, 6) is -0.0237. The number of nitrogens with two attached hydrogens (primary N) is 1. The molecule has 5 nitrogen and oxygen atoms in total. The molecule has 2 rings (SSSR count). The van der Waals surface area contributed by atoms with Gasteiger partial charge in [0, 0.05) is 26.0 Å². The van der Waals surface area contributed by atoms with E-state index in [9.17, 15) is 4.79 Å². The van der Waals surface area contributed by atoms with Gasteiger partial charge in [0.15, 0.2) is 0 Å². The fraction of sp³-hybridized carbons (Fsp3) is 0.538. The van der Waals surface area contributed by atoms with E-state index < -0.39 is 5.41 Å². The second-order valence-electron chi connectivity index (χ2n) is 4.74. The molecule has 0 saturated carbocycles. The van der Waals surface area contributed by atoms with Crippen LogP contribution in [-0.2, 0) is 9.53 Å². The summed E-state index contributed by atoms with van der Waals surface area (Å²) in [6.07, 6.45) is 4.72. The highest BCUT2D eigenvalue weighted by Crippen LogP contribution is 2.31. The Kier molecular flexibility index (Phi) is 3.93. The van der Waals surface area contributed by atoms with Crippen LogP contribution in [0.3, 0.4) is 0 Å². The van der Waals surface area contributed by atoms with Gasteiger partial charge in [-0.05, 0) is 31.4 Å². The SMILES string of the molecule is Cc1ccncc1NC(=O)C1(CN)CCOCC1. The zero-order valence-electron chi connectivity index (χ0n) is 10.6. The lowest BCUT2D eigenvalue weighted by Crippen LogP contribution is -2.46. The van der Waals surface area contributed by atoms with Crippen LogP contribution in [0.1, 0.15) is 18.4 Å². The Morgan fingerprint density at radius 1 is 1.56 bits per heavy atom. The van der Waals surface area contributed by atoms with E-state index in [4.69, 9.17) is 10.5 Å². The normalized spacial score (nSPS) is 18.3. The summed E-state index contributed by atoms with van der Waals surface area (Å²) in [6, 6.07) is 1.87. The number of amides is 1. The molecule has 0 bridgehead atoms. The van der Waals surface area contributed by atoms with Crippen molar-refractivity contribution in [3.8, 4) is 0 Å². The van der Waals surface area contributed by atoms with Crippen molar-refractivity contribution >= 4 is 11.6 Å². The van der Waals surface area contributed by atoms with Gasteiger partial charge in [0.2, 0.25) is 5.91 Å². The molecule has 1 aliphatic heterocycles. The summed E-state index contributed by atoms with van der Waals surface area (Å²) >= 11 is 0. The molecule has 1 aliphatic rings. The maximum absolute atomic E-state index is 12.4. The number of nitrogens with zero attached hydrogens (tertiary/aromatic N) is 1. The van der Waals surface area contributed by atoms with Crippen LogP contribution in [0.2, 0.25) is 0 Å². The van der Waals surface area contributed by atoms with Gasteiger partial charge in [0.05, 0.1) is 17.3 Å². The number of aryl methyl sites for hydroxylation is 1. The summed E-state index contributed by atoms with van der Waals surface area (Å²) in [5.41, 5.74) is 7.05. The Morgan fingerprint density at radius 3 is 2.89 bits per heavy atom. The molecule has 1 aromatic heterocycles. The van der Waals surface area contributed by atoms with Crippen LogP contribution in [0, 0.1) is 12.3 Å². The highest BCUT2D eigenvalue weighted by molar-refractivity contribution is 5.96. The summed E-state index contributed by atoms with van der Waals surface area (Å²) in [4.78, 5) is 16.4. The number of rotatable bonds is 3. The van der Waals surface area contributed by atoms with E-state index >= 15 is 0 Å². The van der Waals surface area contributed by atoms with Crippen molar-refractivity contribution in [1.82, 2.24) is 4.98 Å². The van der Waals surface area contributed by atoms with Crippen LogP contribution in [0.25, 0.3) is 0 Å². The third kappa shape index (κ3) is 2.52. The quantitative estimate of drug-likeness (QED) is 0.840. The van der Waals surface area contributed by atoms with Crippen molar-refractivity contribution in [2.45, 2.75) is 19.8 Å². The average molecular weight is 249 g/mol. The maximum atomic E-state index is 12.4. The number of anilines is 1. The fourth-order valence-electron chi connectivity index (χ4n) is 2.14. The molecule has 3 N–H and O–H groups in total. The van der Waals surface area contributed by atoms with Crippen molar-refractivity contribution in [1.29, 1.82) is 0 Å². The topological polar surface area (TPSA) is 77.2 Å². The van der Waals surface area contributed by atoms with E-state index in [0.29, 0.717) is 32.6 Å². The molecule has 5 heteroatoms. The predicted molar refractivity (Wildman–Crippen MR) is 69.1 cm³/mol. The minimum absolute atomic E-state index is 0.0237. The van der Waals surface area contributed by atoms with Gasteiger partial charge >= 0.3 is 0 Å². The molecule has 0 aliphatic carbocycles. The number of carbonyl (C=O) groups is 1. The minimum atomic E-state index is -0.499. The monoisotopic (exact) mass is 249 g/mol. The number of aromatic nitrogens is 1. The van der Waals surface area contributed by atoms with Crippen molar-refractivity contribution < 1.29 is 9.53 Å². The third-order valence-corrected chi connectivity index (χ3v) is 3.61. The van der Waals surface area contributed by atoms with Crippen LogP contribution >= 0.6 is 0 Å². The fourth-order valence-corrected chi connectivity index (χ4v) is 2.14. The van der Waals surface area contributed by atoms with Crippen LogP contribution in [-0.4, -0.2) is 30.6 Å². The first-order valence-electron chi connectivity index (χ1n) is 6.18. The largest absolute Gasteiger partial charge is 0.381 e. The number of hydrogen-bond donors (Lipinski definition) is 2. The van der Waals surface area contributed by atoms with Gasteiger partial charge in [-0.3, -0.25) is 9.78 Å². The summed E-state index contributed by atoms with van der Waals surface area (Å²) in [7, 11) is 0. The van der Waals surface area contributed by atoms with Gasteiger partial charge in [0.1, 0.15) is 0 Å². The molecule has 1 amide bonds. The molecule has 2 heterocycles. The number of hydrogen-bond acceptors (Lipinski definition) is 4. The second kappa shape index (κ2) is 5.46. The van der Waals surface area contributed by atoms with Gasteiger partial charge in [-0.1, -0.05) is 0 Å². The molecule has 0 unspecified atom stereocenters. The molecule has 1 fully saturated rings. The lowest BCUT2D eigenvalue weighted by atomic mass is 9.79. The first kappa shape index (κ1) is 13.0. The molecule has 1 aromatic rings. The molecule has 1 saturated heterocycles. The molecular formula is C13H19N3O2. The van der Waals surface area contributed by atoms with Crippen LogP contribution in [0.4, 0.5) is 5.69 Å². The number of pyridine rings is 1. The highest BCUT2D eigenvalue weighted by atomic mass is 16.5. The van der Waals surface area contributed by atoms with Gasteiger partial charge in [-0.2, -0.15) is 0 Å². The standard InChI is InChI=1S/C13H19N3O2/c1-10-2-5-15-8-11(10)16-12(17)13(9-14)3-6-18-7-4-13/h2,5,8H,3-4,6-7,9,14H2,1H3,(H,16,17). The van der Waals surface area contributed by atoms with E-state index in [1.165, 1.54) is 0 Å². The Morgan fingerprint density at radius 2 is 2.28 bits per heavy atom. The van der Waals surface area contributed by atoms with Crippen LogP contribution in [0.15, 0.2) is 18.5 Å². The van der Waals surface area contributed by atoms with Gasteiger partial charge < -0.3 is 15.8 Å². The van der Waals surface area contributed by atoms with Crippen molar-refractivity contribution in [2.24, 2.45) is 11.1 Å². The third-order valence-electron chi connectivity index (χ3n) is 3.61. The Bertz CT molecular complexity index is 428. The number of ether oxygens (including phenoxy) is 1. The molecule has 0 aromatic carbocycles. The second-order valence-corrected chi connectivity index (χ2v) is 4.74. The Labute approximate surface area is 107 Å². The van der Waals surface area contributed by atoms with Crippen molar-refractivity contribution in [3.63, 3.8) is 0 Å². The summed E-state index contributed by atoms with van der Waals surface area (Å²) < 4.78 is 5.30. The van der Waals surface area contributed by atoms with Gasteiger partial charge in [0.25, 0.3) is 0 Å². The molecule has 0 spiro atoms. The molecule has 18 heavy (non-hydrogen) atoms. The number of nitrogens with one attached hydrogen (secondary N) is 1. The highest BCUT2D eigenvalue weighted by Gasteiger charge is 2.38. The molecular weight excluding hydrogens is 230 g/mol. The zero-order chi connectivity index (χ0) is 13.0. The maximum Gasteiger partial charge on any atom is 0.232 e. The Balaban J connectivity index is 2.13. The number of carbonyl (C=O) groups excluding carboxylic acids is 1. The Hall–Kier alpha value is -1.46. The van der Waals surface area contributed by atoms with Gasteiger partial charge in [-0.15, -0.1) is 0 Å². The van der Waals surface area contributed by atoms with Gasteiger partial charge in [-0.25, -0.2) is 0 Å². The van der Waals surface area contributed by atoms with E-state index in [0.717, 1.165) is 11.3 Å². The van der Waals surface area contributed by atoms with E-state index in [1.54, 1.807) is 12.4 Å². The van der Waals surface area contributed by atoms with Crippen LogP contribution < -0.4 is 11.1 Å². The lowest BCUT2D eigenvalue weighted by Gasteiger charge is -2.34. The summed E-state index contributed by atoms with van der Waals surface area (Å²) in [6.45, 7) is 3.48. The molecule has 0 radical (unpaired) electrons. The predicted octanol–water partition coefficient (Wildman–Crippen LogP) is 1.08. The first-order chi connectivity index (χ1) is 8.68. The molecule has 98 valence electrons. The first-order valence-corrected chi connectivity index (χ1v) is 6.18. The smallest absolute Gasteiger partial charge is 0.232 e. The molecule has 0 atom stereocenters. The van der Waals surface area contributed by atoms with E-state index in [2.05, 4.69) is 10.3 Å².